The van der Waals surface area contributed by atoms with Gasteiger partial charge in [-0.25, -0.2) is 4.79 Å². The molecule has 1 aromatic rings. The second kappa shape index (κ2) is 6.36. The highest BCUT2D eigenvalue weighted by molar-refractivity contribution is 5.97. The van der Waals surface area contributed by atoms with Crippen LogP contribution in [0.1, 0.15) is 36.3 Å². The number of ether oxygens (including phenoxy) is 1. The topological polar surface area (TPSA) is 73.2 Å². The Bertz CT molecular complexity index is 466. The molecule has 1 aromatic heterocycles. The molecular weight excluding hydrogens is 246 g/mol. The zero-order valence-corrected chi connectivity index (χ0v) is 12.1. The average Bonchev–Trinajstić information content (AvgIpc) is 2.67. The lowest BCUT2D eigenvalue weighted by Gasteiger charge is -2.18. The summed E-state index contributed by atoms with van der Waals surface area (Å²) in [6.45, 7) is 5.77. The Hall–Kier alpha value is -1.85. The number of aryl methyl sites for hydroxylation is 1. The van der Waals surface area contributed by atoms with Gasteiger partial charge in [0.1, 0.15) is 6.04 Å². The van der Waals surface area contributed by atoms with Crippen molar-refractivity contribution < 1.29 is 14.3 Å². The molecule has 0 aliphatic heterocycles. The summed E-state index contributed by atoms with van der Waals surface area (Å²) in [5.41, 5.74) is 1.23. The molecule has 6 nitrogen and oxygen atoms in total. The molecule has 0 bridgehead atoms. The first-order valence-electron chi connectivity index (χ1n) is 6.24. The van der Waals surface area contributed by atoms with E-state index in [0.717, 1.165) is 5.69 Å². The maximum Gasteiger partial charge on any atom is 0.328 e. The molecule has 1 atom stereocenters. The van der Waals surface area contributed by atoms with Crippen LogP contribution in [0.3, 0.4) is 0 Å². The summed E-state index contributed by atoms with van der Waals surface area (Å²) in [6.07, 6.45) is 2.03. The quantitative estimate of drug-likeness (QED) is 0.809. The van der Waals surface area contributed by atoms with Crippen molar-refractivity contribution in [1.82, 2.24) is 15.1 Å². The fraction of sp³-hybridized carbons (Fsp3) is 0.615. The standard InChI is InChI=1S/C13H21N3O3/c1-8(2)6-11(13(18)19-5)15-12(17)10-7-14-16(4)9(10)3/h7-8,11H,6H2,1-5H3,(H,15,17). The van der Waals surface area contributed by atoms with Crippen molar-refractivity contribution in [3.63, 3.8) is 0 Å². The van der Waals surface area contributed by atoms with Crippen LogP contribution in [-0.4, -0.2) is 34.8 Å². The summed E-state index contributed by atoms with van der Waals surface area (Å²) < 4.78 is 6.33. The first kappa shape index (κ1) is 15.2. The number of rotatable bonds is 5. The normalized spacial score (nSPS) is 12.3. The number of methoxy groups -OCH3 is 1. The Kier molecular flexibility index (Phi) is 5.09. The molecule has 0 aromatic carbocycles. The number of esters is 1. The van der Waals surface area contributed by atoms with Crippen molar-refractivity contribution in [1.29, 1.82) is 0 Å². The lowest BCUT2D eigenvalue weighted by molar-refractivity contribution is -0.143. The van der Waals surface area contributed by atoms with Crippen LogP contribution < -0.4 is 5.32 Å². The van der Waals surface area contributed by atoms with Crippen molar-refractivity contribution in [2.24, 2.45) is 13.0 Å². The molecule has 0 fully saturated rings. The number of carbonyl (C=O) groups excluding carboxylic acids is 2. The molecule has 0 aliphatic rings. The summed E-state index contributed by atoms with van der Waals surface area (Å²) in [4.78, 5) is 23.8. The van der Waals surface area contributed by atoms with E-state index in [4.69, 9.17) is 4.74 Å². The fourth-order valence-electron chi connectivity index (χ4n) is 1.79. The molecule has 106 valence electrons. The van der Waals surface area contributed by atoms with Crippen molar-refractivity contribution in [2.75, 3.05) is 7.11 Å². The second-order valence-electron chi connectivity index (χ2n) is 4.95. The van der Waals surface area contributed by atoms with Crippen molar-refractivity contribution in [3.05, 3.63) is 17.5 Å². The Morgan fingerprint density at radius 3 is 2.53 bits per heavy atom. The molecular formula is C13H21N3O3. The third-order valence-electron chi connectivity index (χ3n) is 2.98. The van der Waals surface area contributed by atoms with Crippen LogP contribution in [-0.2, 0) is 16.6 Å². The van der Waals surface area contributed by atoms with E-state index in [-0.39, 0.29) is 11.8 Å². The lowest BCUT2D eigenvalue weighted by atomic mass is 10.0. The predicted octanol–water partition coefficient (Wildman–Crippen LogP) is 1.05. The molecule has 1 amide bonds. The minimum absolute atomic E-state index is 0.277. The van der Waals surface area contributed by atoms with Crippen molar-refractivity contribution in [2.45, 2.75) is 33.2 Å². The summed E-state index contributed by atoms with van der Waals surface area (Å²) in [5, 5.41) is 6.71. The largest absolute Gasteiger partial charge is 0.467 e. The number of carbonyl (C=O) groups is 2. The van der Waals surface area contributed by atoms with Gasteiger partial charge in [-0.15, -0.1) is 0 Å². The van der Waals surface area contributed by atoms with Crippen molar-refractivity contribution >= 4 is 11.9 Å². The van der Waals surface area contributed by atoms with E-state index in [9.17, 15) is 9.59 Å². The van der Waals surface area contributed by atoms with E-state index in [2.05, 4.69) is 10.4 Å². The Balaban J connectivity index is 2.81. The van der Waals surface area contributed by atoms with E-state index < -0.39 is 12.0 Å². The highest BCUT2D eigenvalue weighted by Gasteiger charge is 2.24. The van der Waals surface area contributed by atoms with Gasteiger partial charge in [-0.3, -0.25) is 9.48 Å². The van der Waals surface area contributed by atoms with Crippen LogP contribution in [0.2, 0.25) is 0 Å². The fourth-order valence-corrected chi connectivity index (χ4v) is 1.79. The first-order chi connectivity index (χ1) is 8.86. The predicted molar refractivity (Wildman–Crippen MR) is 70.7 cm³/mol. The molecule has 0 saturated carbocycles. The summed E-state index contributed by atoms with van der Waals surface area (Å²) >= 11 is 0. The van der Waals surface area contributed by atoms with Gasteiger partial charge in [0.05, 0.1) is 18.9 Å². The average molecular weight is 267 g/mol. The van der Waals surface area contributed by atoms with Crippen LogP contribution in [0.4, 0.5) is 0 Å². The Labute approximate surface area is 113 Å². The van der Waals surface area contributed by atoms with Gasteiger partial charge >= 0.3 is 5.97 Å². The molecule has 6 heteroatoms. The van der Waals surface area contributed by atoms with Crippen LogP contribution in [0.5, 0.6) is 0 Å². The minimum Gasteiger partial charge on any atom is -0.467 e. The van der Waals surface area contributed by atoms with E-state index in [1.165, 1.54) is 13.3 Å². The van der Waals surface area contributed by atoms with Gasteiger partial charge < -0.3 is 10.1 Å². The van der Waals surface area contributed by atoms with Crippen LogP contribution in [0, 0.1) is 12.8 Å². The van der Waals surface area contributed by atoms with E-state index in [1.807, 2.05) is 13.8 Å². The third-order valence-corrected chi connectivity index (χ3v) is 2.98. The van der Waals surface area contributed by atoms with Gasteiger partial charge in [-0.2, -0.15) is 5.10 Å². The number of aromatic nitrogens is 2. The lowest BCUT2D eigenvalue weighted by Crippen LogP contribution is -2.42. The summed E-state index contributed by atoms with van der Waals surface area (Å²) in [7, 11) is 3.08. The van der Waals surface area contributed by atoms with E-state index in [1.54, 1.807) is 18.7 Å². The van der Waals surface area contributed by atoms with Crippen LogP contribution in [0.15, 0.2) is 6.20 Å². The number of hydrogen-bond donors (Lipinski definition) is 1. The highest BCUT2D eigenvalue weighted by Crippen LogP contribution is 2.10. The number of hydrogen-bond acceptors (Lipinski definition) is 4. The molecule has 1 N–H and O–H groups in total. The first-order valence-corrected chi connectivity index (χ1v) is 6.24. The number of nitrogens with one attached hydrogen (secondary N) is 1. The smallest absolute Gasteiger partial charge is 0.328 e. The molecule has 1 rings (SSSR count). The molecule has 0 aliphatic carbocycles. The van der Waals surface area contributed by atoms with Gasteiger partial charge in [-0.1, -0.05) is 13.8 Å². The number of nitrogens with zero attached hydrogens (tertiary/aromatic N) is 2. The molecule has 1 unspecified atom stereocenters. The Morgan fingerprint density at radius 2 is 2.11 bits per heavy atom. The zero-order chi connectivity index (χ0) is 14.6. The van der Waals surface area contributed by atoms with E-state index >= 15 is 0 Å². The van der Waals surface area contributed by atoms with Crippen LogP contribution >= 0.6 is 0 Å². The van der Waals surface area contributed by atoms with Gasteiger partial charge in [0.25, 0.3) is 5.91 Å². The molecule has 0 saturated heterocycles. The van der Waals surface area contributed by atoms with Gasteiger partial charge in [0.2, 0.25) is 0 Å². The molecule has 0 radical (unpaired) electrons. The van der Waals surface area contributed by atoms with Gasteiger partial charge in [0.15, 0.2) is 0 Å². The Morgan fingerprint density at radius 1 is 1.47 bits per heavy atom. The minimum atomic E-state index is -0.628. The third kappa shape index (κ3) is 3.81. The molecule has 1 heterocycles. The highest BCUT2D eigenvalue weighted by atomic mass is 16.5. The van der Waals surface area contributed by atoms with Gasteiger partial charge in [-0.05, 0) is 19.3 Å². The molecule has 0 spiro atoms. The molecule has 19 heavy (non-hydrogen) atoms. The second-order valence-corrected chi connectivity index (χ2v) is 4.95. The monoisotopic (exact) mass is 267 g/mol. The van der Waals surface area contributed by atoms with E-state index in [0.29, 0.717) is 12.0 Å². The van der Waals surface area contributed by atoms with Gasteiger partial charge in [0, 0.05) is 12.7 Å². The van der Waals surface area contributed by atoms with Crippen LogP contribution in [0.25, 0.3) is 0 Å². The maximum absolute atomic E-state index is 12.1. The number of amides is 1. The maximum atomic E-state index is 12.1. The zero-order valence-electron chi connectivity index (χ0n) is 12.1. The summed E-state index contributed by atoms with van der Waals surface area (Å²) in [5.74, 6) is -0.454. The van der Waals surface area contributed by atoms with Crippen molar-refractivity contribution in [3.8, 4) is 0 Å². The summed E-state index contributed by atoms with van der Waals surface area (Å²) in [6, 6.07) is -0.628. The SMILES string of the molecule is COC(=O)C(CC(C)C)NC(=O)c1cnn(C)c1C.